The van der Waals surface area contributed by atoms with E-state index in [-0.39, 0.29) is 6.04 Å². The van der Waals surface area contributed by atoms with Crippen molar-refractivity contribution in [1.82, 2.24) is 14.9 Å². The highest BCUT2D eigenvalue weighted by molar-refractivity contribution is 7.18. The third-order valence-electron chi connectivity index (χ3n) is 3.41. The van der Waals surface area contributed by atoms with Crippen LogP contribution in [0.5, 0.6) is 0 Å². The van der Waals surface area contributed by atoms with Gasteiger partial charge in [0, 0.05) is 11.4 Å². The van der Waals surface area contributed by atoms with Gasteiger partial charge in [0.2, 0.25) is 0 Å². The second-order valence-corrected chi connectivity index (χ2v) is 6.41. The quantitative estimate of drug-likeness (QED) is 0.783. The number of anilines is 1. The van der Waals surface area contributed by atoms with E-state index in [0.717, 1.165) is 28.3 Å². The Morgan fingerprint density at radius 2 is 2.24 bits per heavy atom. The molecule has 1 atom stereocenters. The van der Waals surface area contributed by atoms with Crippen molar-refractivity contribution in [2.24, 2.45) is 0 Å². The Morgan fingerprint density at radius 1 is 1.38 bits per heavy atom. The van der Waals surface area contributed by atoms with Gasteiger partial charge in [-0.25, -0.2) is 9.97 Å². The lowest BCUT2D eigenvalue weighted by molar-refractivity contribution is 0.269. The van der Waals surface area contributed by atoms with Gasteiger partial charge in [0.05, 0.1) is 17.7 Å². The van der Waals surface area contributed by atoms with Crippen LogP contribution in [0.15, 0.2) is 35.2 Å². The molecule has 0 saturated heterocycles. The van der Waals surface area contributed by atoms with Crippen molar-refractivity contribution in [2.45, 2.75) is 13.0 Å². The molecular formula is C15H18N4OS. The first-order chi connectivity index (χ1) is 10.1. The van der Waals surface area contributed by atoms with Crippen LogP contribution in [0.1, 0.15) is 16.7 Å². The van der Waals surface area contributed by atoms with Crippen LogP contribution in [-0.2, 0) is 0 Å². The van der Waals surface area contributed by atoms with Crippen molar-refractivity contribution in [2.75, 3.05) is 26.0 Å². The summed E-state index contributed by atoms with van der Waals surface area (Å²) in [5, 5.41) is 4.51. The van der Waals surface area contributed by atoms with Gasteiger partial charge in [-0.1, -0.05) is 0 Å². The molecule has 1 N–H and O–H groups in total. The van der Waals surface area contributed by atoms with Gasteiger partial charge in [-0.15, -0.1) is 11.3 Å². The summed E-state index contributed by atoms with van der Waals surface area (Å²) in [5.41, 5.74) is 0. The van der Waals surface area contributed by atoms with Crippen molar-refractivity contribution in [1.29, 1.82) is 0 Å². The number of hydrogen-bond acceptors (Lipinski definition) is 6. The summed E-state index contributed by atoms with van der Waals surface area (Å²) in [6.07, 6.45) is 3.31. The fourth-order valence-electron chi connectivity index (χ4n) is 2.33. The first kappa shape index (κ1) is 14.0. The fraction of sp³-hybridized carbons (Fsp3) is 0.333. The Hall–Kier alpha value is -1.92. The molecule has 1 unspecified atom stereocenters. The molecule has 0 aliphatic rings. The smallest absolute Gasteiger partial charge is 0.138 e. The average molecular weight is 302 g/mol. The van der Waals surface area contributed by atoms with Crippen LogP contribution >= 0.6 is 11.3 Å². The predicted octanol–water partition coefficient (Wildman–Crippen LogP) is 3.31. The zero-order valence-corrected chi connectivity index (χ0v) is 13.1. The molecule has 0 bridgehead atoms. The summed E-state index contributed by atoms with van der Waals surface area (Å²) in [7, 11) is 4.08. The lowest BCUT2D eigenvalue weighted by atomic mass is 10.2. The van der Waals surface area contributed by atoms with Crippen molar-refractivity contribution >= 4 is 27.4 Å². The predicted molar refractivity (Wildman–Crippen MR) is 85.8 cm³/mol. The molecule has 110 valence electrons. The molecule has 6 heteroatoms. The van der Waals surface area contributed by atoms with Gasteiger partial charge in [0.1, 0.15) is 22.7 Å². The van der Waals surface area contributed by atoms with Gasteiger partial charge in [0.15, 0.2) is 0 Å². The van der Waals surface area contributed by atoms with E-state index in [1.54, 1.807) is 23.9 Å². The molecule has 3 heterocycles. The molecule has 0 fully saturated rings. The number of likely N-dealkylation sites (N-methyl/N-ethyl adjacent to an activating group) is 1. The maximum atomic E-state index is 5.52. The number of hydrogen-bond donors (Lipinski definition) is 1. The van der Waals surface area contributed by atoms with E-state index in [1.807, 2.05) is 26.2 Å². The van der Waals surface area contributed by atoms with Crippen molar-refractivity contribution in [3.8, 4) is 0 Å². The highest BCUT2D eigenvalue weighted by Gasteiger charge is 2.17. The van der Waals surface area contributed by atoms with Gasteiger partial charge < -0.3 is 9.73 Å². The molecule has 0 aliphatic heterocycles. The molecule has 5 nitrogen and oxygen atoms in total. The zero-order valence-electron chi connectivity index (χ0n) is 12.3. The highest BCUT2D eigenvalue weighted by Crippen LogP contribution is 2.28. The van der Waals surface area contributed by atoms with Crippen LogP contribution in [0.4, 0.5) is 5.82 Å². The summed E-state index contributed by atoms with van der Waals surface area (Å²) in [4.78, 5) is 13.1. The monoisotopic (exact) mass is 302 g/mol. The van der Waals surface area contributed by atoms with Crippen molar-refractivity contribution in [3.63, 3.8) is 0 Å². The Labute approximate surface area is 127 Å². The normalized spacial score (nSPS) is 13.0. The summed E-state index contributed by atoms with van der Waals surface area (Å²) >= 11 is 1.68. The van der Waals surface area contributed by atoms with Crippen LogP contribution in [0.3, 0.4) is 0 Å². The van der Waals surface area contributed by atoms with Crippen LogP contribution in [0, 0.1) is 6.92 Å². The molecular weight excluding hydrogens is 284 g/mol. The molecule has 0 aromatic carbocycles. The van der Waals surface area contributed by atoms with E-state index >= 15 is 0 Å². The molecule has 3 aromatic heterocycles. The van der Waals surface area contributed by atoms with E-state index in [1.165, 1.54) is 4.88 Å². The van der Waals surface area contributed by atoms with Crippen LogP contribution < -0.4 is 5.32 Å². The van der Waals surface area contributed by atoms with Gasteiger partial charge in [-0.05, 0) is 39.2 Å². The lowest BCUT2D eigenvalue weighted by Crippen LogP contribution is -2.26. The van der Waals surface area contributed by atoms with E-state index in [0.29, 0.717) is 0 Å². The lowest BCUT2D eigenvalue weighted by Gasteiger charge is -2.22. The molecule has 0 amide bonds. The summed E-state index contributed by atoms with van der Waals surface area (Å²) in [6.45, 7) is 2.81. The maximum absolute atomic E-state index is 5.52. The molecule has 0 spiro atoms. The first-order valence-corrected chi connectivity index (χ1v) is 7.61. The number of nitrogens with one attached hydrogen (secondary N) is 1. The highest BCUT2D eigenvalue weighted by atomic mass is 32.1. The second-order valence-electron chi connectivity index (χ2n) is 5.17. The third kappa shape index (κ3) is 2.91. The minimum Gasteiger partial charge on any atom is -0.468 e. The largest absolute Gasteiger partial charge is 0.468 e. The number of nitrogens with zero attached hydrogens (tertiary/aromatic N) is 3. The molecule has 21 heavy (non-hydrogen) atoms. The molecule has 3 rings (SSSR count). The number of fused-ring (bicyclic) bond motifs is 1. The fourth-order valence-corrected chi connectivity index (χ4v) is 3.18. The Bertz CT molecular complexity index is 720. The summed E-state index contributed by atoms with van der Waals surface area (Å²) in [5.74, 6) is 1.82. The SMILES string of the molecule is Cc1cc2c(NCC(c3ccco3)N(C)C)ncnc2s1. The maximum Gasteiger partial charge on any atom is 0.138 e. The van der Waals surface area contributed by atoms with Crippen LogP contribution in [-0.4, -0.2) is 35.5 Å². The number of rotatable bonds is 5. The number of aromatic nitrogens is 2. The van der Waals surface area contributed by atoms with Gasteiger partial charge >= 0.3 is 0 Å². The summed E-state index contributed by atoms with van der Waals surface area (Å²) in [6, 6.07) is 6.19. The van der Waals surface area contributed by atoms with E-state index in [9.17, 15) is 0 Å². The minimum atomic E-state index is 0.157. The first-order valence-electron chi connectivity index (χ1n) is 6.80. The molecule has 0 saturated carbocycles. The van der Waals surface area contributed by atoms with Gasteiger partial charge in [-0.3, -0.25) is 4.90 Å². The Balaban J connectivity index is 1.82. The van der Waals surface area contributed by atoms with Gasteiger partial charge in [0.25, 0.3) is 0 Å². The van der Waals surface area contributed by atoms with E-state index in [4.69, 9.17) is 4.42 Å². The van der Waals surface area contributed by atoms with Crippen molar-refractivity contribution in [3.05, 3.63) is 41.4 Å². The molecule has 0 aliphatic carbocycles. The molecule has 3 aromatic rings. The Kier molecular flexibility index (Phi) is 3.90. The summed E-state index contributed by atoms with van der Waals surface area (Å²) < 4.78 is 5.52. The van der Waals surface area contributed by atoms with Gasteiger partial charge in [-0.2, -0.15) is 0 Å². The number of furan rings is 1. The zero-order chi connectivity index (χ0) is 14.8. The Morgan fingerprint density at radius 3 is 2.95 bits per heavy atom. The topological polar surface area (TPSA) is 54.2 Å². The second kappa shape index (κ2) is 5.83. The number of aryl methyl sites for hydroxylation is 1. The van der Waals surface area contributed by atoms with Crippen LogP contribution in [0.2, 0.25) is 0 Å². The molecule has 0 radical (unpaired) electrons. The average Bonchev–Trinajstić information content (AvgIpc) is 3.07. The minimum absolute atomic E-state index is 0.157. The van der Waals surface area contributed by atoms with E-state index in [2.05, 4.69) is 33.2 Å². The van der Waals surface area contributed by atoms with Crippen molar-refractivity contribution < 1.29 is 4.42 Å². The van der Waals surface area contributed by atoms with Crippen LogP contribution in [0.25, 0.3) is 10.2 Å². The third-order valence-corrected chi connectivity index (χ3v) is 4.37. The van der Waals surface area contributed by atoms with E-state index < -0.39 is 0 Å². The number of thiophene rings is 1. The standard InChI is InChI=1S/C15H18N4OS/c1-10-7-11-14(17-9-18-15(11)21-10)16-8-12(19(2)3)13-5-4-6-20-13/h4-7,9,12H,8H2,1-3H3,(H,16,17,18).